The highest BCUT2D eigenvalue weighted by atomic mass is 16.5. The molecule has 148 valence electrons. The number of methoxy groups -OCH3 is 1. The Hall–Kier alpha value is -2.82. The molecule has 0 unspecified atom stereocenters. The molecule has 1 saturated heterocycles. The number of carbonyl (C=O) groups is 2. The number of piperidine rings is 1. The molecular weight excluding hydrogens is 352 g/mol. The Morgan fingerprint density at radius 1 is 1.00 bits per heavy atom. The van der Waals surface area contributed by atoms with E-state index in [1.54, 1.807) is 7.11 Å². The van der Waals surface area contributed by atoms with Gasteiger partial charge in [0.25, 0.3) is 0 Å². The average molecular weight is 380 g/mol. The van der Waals surface area contributed by atoms with Crippen molar-refractivity contribution in [3.63, 3.8) is 0 Å². The van der Waals surface area contributed by atoms with Crippen molar-refractivity contribution in [1.29, 1.82) is 0 Å². The predicted octanol–water partition coefficient (Wildman–Crippen LogP) is 3.18. The fraction of sp³-hybridized carbons (Fsp3) is 0.391. The smallest absolute Gasteiger partial charge is 0.232 e. The fourth-order valence-electron chi connectivity index (χ4n) is 3.59. The molecule has 0 radical (unpaired) electrons. The first-order chi connectivity index (χ1) is 13.6. The Morgan fingerprint density at radius 3 is 2.32 bits per heavy atom. The minimum Gasteiger partial charge on any atom is -0.497 e. The number of ether oxygens (including phenoxy) is 1. The maximum absolute atomic E-state index is 12.4. The highest BCUT2D eigenvalue weighted by molar-refractivity contribution is 5.96. The molecule has 2 amide bonds. The Balaban J connectivity index is 1.38. The van der Waals surface area contributed by atoms with Crippen LogP contribution in [0.4, 0.5) is 0 Å². The lowest BCUT2D eigenvalue weighted by Crippen LogP contribution is -2.41. The van der Waals surface area contributed by atoms with Crippen LogP contribution in [0.1, 0.15) is 30.4 Å². The van der Waals surface area contributed by atoms with Gasteiger partial charge in [0.2, 0.25) is 11.8 Å². The van der Waals surface area contributed by atoms with E-state index in [4.69, 9.17) is 4.74 Å². The molecule has 2 aromatic carbocycles. The lowest BCUT2D eigenvalue weighted by molar-refractivity contribution is -0.137. The second-order valence-electron chi connectivity index (χ2n) is 7.32. The van der Waals surface area contributed by atoms with Crippen molar-refractivity contribution in [1.82, 2.24) is 10.2 Å². The summed E-state index contributed by atoms with van der Waals surface area (Å²) < 4.78 is 5.12. The van der Waals surface area contributed by atoms with Gasteiger partial charge >= 0.3 is 0 Å². The maximum atomic E-state index is 12.4. The van der Waals surface area contributed by atoms with E-state index in [2.05, 4.69) is 29.6 Å². The van der Waals surface area contributed by atoms with E-state index in [9.17, 15) is 9.59 Å². The van der Waals surface area contributed by atoms with Gasteiger partial charge in [0.05, 0.1) is 7.11 Å². The van der Waals surface area contributed by atoms with Gasteiger partial charge in [-0.2, -0.15) is 0 Å². The minimum absolute atomic E-state index is 0.0783. The number of likely N-dealkylation sites (tertiary alicyclic amines) is 1. The van der Waals surface area contributed by atoms with Gasteiger partial charge in [0.15, 0.2) is 0 Å². The van der Waals surface area contributed by atoms with Gasteiger partial charge in [-0.3, -0.25) is 9.59 Å². The van der Waals surface area contributed by atoms with Gasteiger partial charge < -0.3 is 15.0 Å². The van der Waals surface area contributed by atoms with Crippen LogP contribution in [-0.4, -0.2) is 36.9 Å². The van der Waals surface area contributed by atoms with Crippen LogP contribution in [0.5, 0.6) is 5.75 Å². The Labute approximate surface area is 166 Å². The van der Waals surface area contributed by atoms with Gasteiger partial charge in [0, 0.05) is 19.6 Å². The monoisotopic (exact) mass is 380 g/mol. The first kappa shape index (κ1) is 19.9. The van der Waals surface area contributed by atoms with Crippen LogP contribution in [-0.2, 0) is 22.6 Å². The van der Waals surface area contributed by atoms with Crippen LogP contribution in [0.3, 0.4) is 0 Å². The standard InChI is InChI=1S/C23H28N2O3/c1-28-21-9-7-20(8-10-21)17-24-22(26)16-23(27)25-13-11-19(12-14-25)15-18-5-3-2-4-6-18/h2-10,19H,11-17H2,1H3,(H,24,26). The molecule has 0 aromatic heterocycles. The van der Waals surface area contributed by atoms with E-state index in [0.29, 0.717) is 12.5 Å². The van der Waals surface area contributed by atoms with Crippen molar-refractivity contribution in [3.8, 4) is 5.75 Å². The summed E-state index contributed by atoms with van der Waals surface area (Å²) in [4.78, 5) is 26.4. The van der Waals surface area contributed by atoms with Crippen molar-refractivity contribution in [2.75, 3.05) is 20.2 Å². The summed E-state index contributed by atoms with van der Waals surface area (Å²) in [6.07, 6.45) is 2.97. The van der Waals surface area contributed by atoms with Crippen LogP contribution in [0.25, 0.3) is 0 Å². The van der Waals surface area contributed by atoms with Gasteiger partial charge in [-0.1, -0.05) is 42.5 Å². The molecule has 0 bridgehead atoms. The molecule has 1 N–H and O–H groups in total. The molecular formula is C23H28N2O3. The average Bonchev–Trinajstić information content (AvgIpc) is 2.74. The normalized spacial score (nSPS) is 14.5. The van der Waals surface area contributed by atoms with Crippen LogP contribution in [0.15, 0.2) is 54.6 Å². The number of rotatable bonds is 7. The van der Waals surface area contributed by atoms with Gasteiger partial charge in [-0.25, -0.2) is 0 Å². The fourth-order valence-corrected chi connectivity index (χ4v) is 3.59. The zero-order valence-electron chi connectivity index (χ0n) is 16.4. The molecule has 1 aliphatic heterocycles. The number of nitrogens with zero attached hydrogens (tertiary/aromatic N) is 1. The molecule has 3 rings (SSSR count). The molecule has 2 aromatic rings. The topological polar surface area (TPSA) is 58.6 Å². The molecule has 0 saturated carbocycles. The Bertz CT molecular complexity index is 766. The van der Waals surface area contributed by atoms with Crippen LogP contribution in [0.2, 0.25) is 0 Å². The number of hydrogen-bond acceptors (Lipinski definition) is 3. The molecule has 28 heavy (non-hydrogen) atoms. The first-order valence-corrected chi connectivity index (χ1v) is 9.85. The zero-order chi connectivity index (χ0) is 19.8. The third-order valence-electron chi connectivity index (χ3n) is 5.29. The molecule has 1 aliphatic rings. The summed E-state index contributed by atoms with van der Waals surface area (Å²) >= 11 is 0. The SMILES string of the molecule is COc1ccc(CNC(=O)CC(=O)N2CCC(Cc3ccccc3)CC2)cc1. The number of carbonyl (C=O) groups excluding carboxylic acids is 2. The summed E-state index contributed by atoms with van der Waals surface area (Å²) in [5.74, 6) is 1.08. The lowest BCUT2D eigenvalue weighted by Gasteiger charge is -2.32. The van der Waals surface area contributed by atoms with Gasteiger partial charge in [0.1, 0.15) is 12.2 Å². The molecule has 5 nitrogen and oxygen atoms in total. The van der Waals surface area contributed by atoms with E-state index in [1.807, 2.05) is 35.2 Å². The lowest BCUT2D eigenvalue weighted by atomic mass is 9.90. The van der Waals surface area contributed by atoms with E-state index in [-0.39, 0.29) is 18.2 Å². The minimum atomic E-state index is -0.229. The maximum Gasteiger partial charge on any atom is 0.232 e. The second-order valence-corrected chi connectivity index (χ2v) is 7.32. The van der Waals surface area contributed by atoms with Crippen molar-refractivity contribution >= 4 is 11.8 Å². The summed E-state index contributed by atoms with van der Waals surface area (Å²) in [7, 11) is 1.62. The Morgan fingerprint density at radius 2 is 1.68 bits per heavy atom. The predicted molar refractivity (Wildman–Crippen MR) is 109 cm³/mol. The number of benzene rings is 2. The molecule has 0 atom stereocenters. The number of nitrogens with one attached hydrogen (secondary N) is 1. The number of hydrogen-bond donors (Lipinski definition) is 1. The third kappa shape index (κ3) is 5.84. The Kier molecular flexibility index (Phi) is 7.06. The molecule has 1 heterocycles. The molecule has 5 heteroatoms. The highest BCUT2D eigenvalue weighted by Gasteiger charge is 2.24. The van der Waals surface area contributed by atoms with Crippen LogP contribution < -0.4 is 10.1 Å². The summed E-state index contributed by atoms with van der Waals surface area (Å²) in [6, 6.07) is 18.0. The largest absolute Gasteiger partial charge is 0.497 e. The quantitative estimate of drug-likeness (QED) is 0.751. The van der Waals surface area contributed by atoms with Crippen molar-refractivity contribution in [2.45, 2.75) is 32.2 Å². The van der Waals surface area contributed by atoms with Crippen LogP contribution in [0, 0.1) is 5.92 Å². The first-order valence-electron chi connectivity index (χ1n) is 9.85. The number of amides is 2. The van der Waals surface area contributed by atoms with Crippen molar-refractivity contribution < 1.29 is 14.3 Å². The van der Waals surface area contributed by atoms with Crippen molar-refractivity contribution in [2.24, 2.45) is 5.92 Å². The van der Waals surface area contributed by atoms with Gasteiger partial charge in [-0.05, 0) is 48.4 Å². The summed E-state index contributed by atoms with van der Waals surface area (Å²) in [5, 5.41) is 2.82. The molecule has 1 fully saturated rings. The zero-order valence-corrected chi connectivity index (χ0v) is 16.4. The summed E-state index contributed by atoms with van der Waals surface area (Å²) in [5.41, 5.74) is 2.33. The van der Waals surface area contributed by atoms with E-state index < -0.39 is 0 Å². The van der Waals surface area contributed by atoms with E-state index in [1.165, 1.54) is 5.56 Å². The van der Waals surface area contributed by atoms with E-state index >= 15 is 0 Å². The van der Waals surface area contributed by atoms with Gasteiger partial charge in [-0.15, -0.1) is 0 Å². The molecule has 0 aliphatic carbocycles. The second kappa shape index (κ2) is 9.93. The molecule has 0 spiro atoms. The highest BCUT2D eigenvalue weighted by Crippen LogP contribution is 2.22. The van der Waals surface area contributed by atoms with Crippen molar-refractivity contribution in [3.05, 3.63) is 65.7 Å². The van der Waals surface area contributed by atoms with E-state index in [0.717, 1.165) is 43.7 Å². The third-order valence-corrected chi connectivity index (χ3v) is 5.29. The van der Waals surface area contributed by atoms with Crippen LogP contribution >= 0.6 is 0 Å². The summed E-state index contributed by atoms with van der Waals surface area (Å²) in [6.45, 7) is 1.89.